The number of benzene rings is 1. The van der Waals surface area contributed by atoms with Crippen molar-refractivity contribution in [1.82, 2.24) is 10.2 Å². The van der Waals surface area contributed by atoms with E-state index in [0.29, 0.717) is 0 Å². The van der Waals surface area contributed by atoms with Crippen molar-refractivity contribution in [3.8, 4) is 0 Å². The highest BCUT2D eigenvalue weighted by molar-refractivity contribution is 6.14. The Hall–Kier alpha value is -2.87. The van der Waals surface area contributed by atoms with Gasteiger partial charge in [0, 0.05) is 11.3 Å². The summed E-state index contributed by atoms with van der Waals surface area (Å²) in [4.78, 5) is 28.2. The van der Waals surface area contributed by atoms with Crippen molar-refractivity contribution in [1.29, 1.82) is 0 Å². The molecule has 2 saturated heterocycles. The second-order valence-electron chi connectivity index (χ2n) is 5.39. The maximum Gasteiger partial charge on any atom is 0.331 e. The van der Waals surface area contributed by atoms with Gasteiger partial charge >= 0.3 is 6.03 Å². The Labute approximate surface area is 137 Å². The molecule has 0 saturated carbocycles. The van der Waals surface area contributed by atoms with Crippen LogP contribution >= 0.6 is 0 Å². The van der Waals surface area contributed by atoms with E-state index in [2.05, 4.69) is 15.3 Å². The number of urea groups is 1. The van der Waals surface area contributed by atoms with E-state index in [1.54, 1.807) is 18.2 Å². The first kappa shape index (κ1) is 16.0. The van der Waals surface area contributed by atoms with E-state index in [-0.39, 0.29) is 18.7 Å². The minimum Gasteiger partial charge on any atom is -0.394 e. The summed E-state index contributed by atoms with van der Waals surface area (Å²) in [6.07, 6.45) is 0.270. The molecular weight excluding hydrogens is 314 g/mol. The average molecular weight is 329 g/mol. The molecule has 2 N–H and O–H groups in total. The van der Waals surface area contributed by atoms with Crippen LogP contribution in [-0.4, -0.2) is 46.9 Å². The number of carbonyl (C=O) groups is 2. The van der Waals surface area contributed by atoms with Crippen molar-refractivity contribution < 1.29 is 19.4 Å². The number of amides is 3. The van der Waals surface area contributed by atoms with E-state index in [1.165, 1.54) is 4.90 Å². The largest absolute Gasteiger partial charge is 0.394 e. The predicted octanol–water partition coefficient (Wildman–Crippen LogP) is 1.37. The number of aliphatic hydroxyl groups is 1. The number of hydrogen-bond acceptors (Lipinski definition) is 5. The molecule has 2 aliphatic heterocycles. The second-order valence-corrected chi connectivity index (χ2v) is 5.39. The Bertz CT molecular complexity index is 729. The van der Waals surface area contributed by atoms with Gasteiger partial charge in [-0.3, -0.25) is 15.0 Å². The van der Waals surface area contributed by atoms with Crippen LogP contribution in [-0.2, 0) is 9.53 Å². The highest BCUT2D eigenvalue weighted by atomic mass is 16.5. The van der Waals surface area contributed by atoms with Gasteiger partial charge < -0.3 is 9.84 Å². The molecule has 0 aliphatic carbocycles. The fourth-order valence-corrected chi connectivity index (χ4v) is 2.79. The van der Waals surface area contributed by atoms with Crippen LogP contribution in [0.1, 0.15) is 12.0 Å². The van der Waals surface area contributed by atoms with Gasteiger partial charge in [0.15, 0.2) is 0 Å². The topological polar surface area (TPSA) is 128 Å². The number of ether oxygens (including phenoxy) is 1. The number of imide groups is 1. The Morgan fingerprint density at radius 3 is 2.83 bits per heavy atom. The monoisotopic (exact) mass is 329 g/mol. The zero-order chi connectivity index (χ0) is 17.1. The Morgan fingerprint density at radius 2 is 2.17 bits per heavy atom. The first-order valence-corrected chi connectivity index (χ1v) is 7.36. The van der Waals surface area contributed by atoms with Crippen molar-refractivity contribution in [2.75, 3.05) is 6.61 Å². The van der Waals surface area contributed by atoms with Crippen molar-refractivity contribution in [3.05, 3.63) is 52.0 Å². The summed E-state index contributed by atoms with van der Waals surface area (Å²) >= 11 is 0. The molecule has 1 aromatic carbocycles. The van der Waals surface area contributed by atoms with Gasteiger partial charge in [-0.25, -0.2) is 4.79 Å². The highest BCUT2D eigenvalue weighted by Gasteiger charge is 2.45. The normalized spacial score (nSPS) is 28.1. The molecule has 0 bridgehead atoms. The molecule has 2 fully saturated rings. The van der Waals surface area contributed by atoms with E-state index in [0.717, 1.165) is 5.56 Å². The zero-order valence-electron chi connectivity index (χ0n) is 12.6. The summed E-state index contributed by atoms with van der Waals surface area (Å²) in [6, 6.07) is 7.87. The predicted molar refractivity (Wildman–Crippen MR) is 83.1 cm³/mol. The van der Waals surface area contributed by atoms with Crippen LogP contribution in [0.4, 0.5) is 4.79 Å². The number of nitrogens with zero attached hydrogens (tertiary/aromatic N) is 4. The van der Waals surface area contributed by atoms with Crippen LogP contribution in [0.15, 0.2) is 41.1 Å². The summed E-state index contributed by atoms with van der Waals surface area (Å²) in [7, 11) is 0. The van der Waals surface area contributed by atoms with Gasteiger partial charge in [0.2, 0.25) is 0 Å². The lowest BCUT2D eigenvalue weighted by molar-refractivity contribution is -0.116. The van der Waals surface area contributed by atoms with E-state index in [9.17, 15) is 14.7 Å². The molecule has 24 heavy (non-hydrogen) atoms. The SMILES string of the molecule is [N-]=[N+]=N[C@H]1C[C@H](N2C(=O)NC(=O)/C2=C/c2ccccc2)O[C@@H]1CO. The van der Waals surface area contributed by atoms with Crippen molar-refractivity contribution in [2.45, 2.75) is 24.8 Å². The zero-order valence-corrected chi connectivity index (χ0v) is 12.6. The van der Waals surface area contributed by atoms with Gasteiger partial charge in [-0.15, -0.1) is 0 Å². The van der Waals surface area contributed by atoms with Crippen molar-refractivity contribution in [3.63, 3.8) is 0 Å². The highest BCUT2D eigenvalue weighted by Crippen LogP contribution is 2.31. The quantitative estimate of drug-likeness (QED) is 0.284. The molecule has 3 atom stereocenters. The fourth-order valence-electron chi connectivity index (χ4n) is 2.79. The third-order valence-corrected chi connectivity index (χ3v) is 3.91. The van der Waals surface area contributed by atoms with Crippen LogP contribution in [0.5, 0.6) is 0 Å². The fraction of sp³-hybridized carbons (Fsp3) is 0.333. The number of nitrogens with one attached hydrogen (secondary N) is 1. The number of azide groups is 1. The number of rotatable bonds is 4. The molecule has 124 valence electrons. The Morgan fingerprint density at radius 1 is 1.42 bits per heavy atom. The summed E-state index contributed by atoms with van der Waals surface area (Å²) in [5.41, 5.74) is 9.50. The number of aliphatic hydroxyl groups excluding tert-OH is 1. The van der Waals surface area contributed by atoms with Gasteiger partial charge in [0.05, 0.1) is 18.8 Å². The lowest BCUT2D eigenvalue weighted by Crippen LogP contribution is -2.37. The molecular formula is C15H15N5O4. The van der Waals surface area contributed by atoms with Crippen LogP contribution in [0.3, 0.4) is 0 Å². The third-order valence-electron chi connectivity index (χ3n) is 3.91. The molecule has 2 aliphatic rings. The van der Waals surface area contributed by atoms with Gasteiger partial charge in [0.25, 0.3) is 5.91 Å². The standard InChI is InChI=1S/C15H15N5O4/c16-19-18-10-7-13(24-12(10)8-21)20-11(14(22)17-15(20)23)6-9-4-2-1-3-5-9/h1-6,10,12-13,21H,7-8H2,(H,17,22,23)/b11-6-/t10-,12+,13+/m0/s1. The summed E-state index contributed by atoms with van der Waals surface area (Å²) in [5.74, 6) is -0.528. The van der Waals surface area contributed by atoms with Crippen LogP contribution in [0, 0.1) is 0 Å². The van der Waals surface area contributed by atoms with Gasteiger partial charge in [-0.05, 0) is 17.2 Å². The van der Waals surface area contributed by atoms with Gasteiger partial charge in [-0.2, -0.15) is 0 Å². The van der Waals surface area contributed by atoms with E-state index < -0.39 is 30.3 Å². The first-order valence-electron chi connectivity index (χ1n) is 7.36. The van der Waals surface area contributed by atoms with Crippen LogP contribution < -0.4 is 5.32 Å². The molecule has 0 spiro atoms. The lowest BCUT2D eigenvalue weighted by atomic mass is 10.1. The van der Waals surface area contributed by atoms with E-state index >= 15 is 0 Å². The van der Waals surface area contributed by atoms with E-state index in [4.69, 9.17) is 10.3 Å². The average Bonchev–Trinajstić information content (AvgIpc) is 3.09. The van der Waals surface area contributed by atoms with Crippen molar-refractivity contribution >= 4 is 18.0 Å². The number of carbonyl (C=O) groups excluding carboxylic acids is 2. The van der Waals surface area contributed by atoms with Crippen LogP contribution in [0.25, 0.3) is 16.5 Å². The molecule has 1 aromatic rings. The molecule has 0 radical (unpaired) electrons. The van der Waals surface area contributed by atoms with Crippen molar-refractivity contribution in [2.24, 2.45) is 5.11 Å². The molecule has 9 nitrogen and oxygen atoms in total. The van der Waals surface area contributed by atoms with Gasteiger partial charge in [0.1, 0.15) is 11.9 Å². The van der Waals surface area contributed by atoms with E-state index in [1.807, 2.05) is 18.2 Å². The maximum absolute atomic E-state index is 12.1. The summed E-state index contributed by atoms with van der Waals surface area (Å²) in [6.45, 7) is -0.346. The molecule has 0 aromatic heterocycles. The minimum absolute atomic E-state index is 0.148. The summed E-state index contributed by atoms with van der Waals surface area (Å²) < 4.78 is 5.60. The molecule has 3 amide bonds. The van der Waals surface area contributed by atoms with Crippen LogP contribution in [0.2, 0.25) is 0 Å². The molecule has 2 heterocycles. The Balaban J connectivity index is 1.90. The molecule has 3 rings (SSSR count). The number of hydrogen-bond donors (Lipinski definition) is 2. The third kappa shape index (κ3) is 2.95. The Kier molecular flexibility index (Phi) is 4.48. The smallest absolute Gasteiger partial charge is 0.331 e. The lowest BCUT2D eigenvalue weighted by Gasteiger charge is -2.23. The maximum atomic E-state index is 12.1. The minimum atomic E-state index is -0.793. The molecule has 9 heteroatoms. The van der Waals surface area contributed by atoms with Gasteiger partial charge in [-0.1, -0.05) is 35.4 Å². The first-order chi connectivity index (χ1) is 11.6. The molecule has 0 unspecified atom stereocenters. The second kappa shape index (κ2) is 6.71. The summed E-state index contributed by atoms with van der Waals surface area (Å²) in [5, 5.41) is 15.1.